The van der Waals surface area contributed by atoms with Crippen LogP contribution in [0.15, 0.2) is 40.5 Å². The summed E-state index contributed by atoms with van der Waals surface area (Å²) < 4.78 is 25.8. The average Bonchev–Trinajstić information content (AvgIpc) is 2.31. The normalized spacial score (nSPS) is 10.9. The minimum atomic E-state index is -2.57. The summed E-state index contributed by atoms with van der Waals surface area (Å²) in [4.78, 5) is 8.62. The van der Waals surface area contributed by atoms with Gasteiger partial charge in [-0.3, -0.25) is 0 Å². The van der Waals surface area contributed by atoms with Gasteiger partial charge in [-0.1, -0.05) is 0 Å². The molecule has 0 aliphatic carbocycles. The molecular formula is C12H11F2N3S. The van der Waals surface area contributed by atoms with Crippen LogP contribution in [0.2, 0.25) is 0 Å². The molecule has 1 aromatic heterocycles. The van der Waals surface area contributed by atoms with Gasteiger partial charge < -0.3 is 5.73 Å². The molecule has 0 aliphatic heterocycles. The molecule has 0 fully saturated rings. The summed E-state index contributed by atoms with van der Waals surface area (Å²) >= 11 is 1.11. The topological polar surface area (TPSA) is 51.8 Å². The van der Waals surface area contributed by atoms with Crippen LogP contribution in [0, 0.1) is 6.92 Å². The molecule has 0 aliphatic rings. The van der Waals surface area contributed by atoms with E-state index in [1.54, 1.807) is 24.4 Å². The monoisotopic (exact) mass is 267 g/mol. The first kappa shape index (κ1) is 12.8. The molecule has 1 heterocycles. The molecule has 0 atom stereocenters. The second kappa shape index (κ2) is 5.30. The maximum atomic E-state index is 12.9. The van der Waals surface area contributed by atoms with Crippen LogP contribution >= 0.6 is 11.8 Å². The zero-order valence-corrected chi connectivity index (χ0v) is 10.4. The highest BCUT2D eigenvalue weighted by atomic mass is 32.2. The largest absolute Gasteiger partial charge is 0.399 e. The van der Waals surface area contributed by atoms with E-state index in [2.05, 4.69) is 9.97 Å². The van der Waals surface area contributed by atoms with Gasteiger partial charge in [-0.2, -0.15) is 0 Å². The van der Waals surface area contributed by atoms with Crippen molar-refractivity contribution in [2.45, 2.75) is 23.4 Å². The van der Waals surface area contributed by atoms with Crippen molar-refractivity contribution < 1.29 is 8.78 Å². The highest BCUT2D eigenvalue weighted by molar-refractivity contribution is 7.99. The van der Waals surface area contributed by atoms with E-state index < -0.39 is 6.43 Å². The summed E-state index contributed by atoms with van der Waals surface area (Å²) in [7, 11) is 0. The van der Waals surface area contributed by atoms with Gasteiger partial charge in [-0.15, -0.1) is 0 Å². The Labute approximate surface area is 107 Å². The molecule has 0 saturated carbocycles. The maximum absolute atomic E-state index is 12.9. The van der Waals surface area contributed by atoms with Gasteiger partial charge in [0.25, 0.3) is 6.43 Å². The lowest BCUT2D eigenvalue weighted by molar-refractivity contribution is 0.148. The SMILES string of the molecule is Cc1ccnc(Sc2ccc(N)cc2C(F)F)n1. The predicted molar refractivity (Wildman–Crippen MR) is 66.7 cm³/mol. The van der Waals surface area contributed by atoms with Crippen LogP contribution in [-0.2, 0) is 0 Å². The van der Waals surface area contributed by atoms with E-state index in [4.69, 9.17) is 5.73 Å². The van der Waals surface area contributed by atoms with Crippen molar-refractivity contribution in [3.05, 3.63) is 41.7 Å². The van der Waals surface area contributed by atoms with E-state index in [0.29, 0.717) is 15.7 Å². The quantitative estimate of drug-likeness (QED) is 0.683. The van der Waals surface area contributed by atoms with Crippen LogP contribution in [0.1, 0.15) is 17.7 Å². The second-order valence-corrected chi connectivity index (χ2v) is 4.69. The number of alkyl halides is 2. The Kier molecular flexibility index (Phi) is 3.76. The Bertz CT molecular complexity index is 561. The summed E-state index contributed by atoms with van der Waals surface area (Å²) in [6, 6.07) is 6.18. The average molecular weight is 267 g/mol. The molecule has 0 spiro atoms. The minimum Gasteiger partial charge on any atom is -0.399 e. The molecule has 2 aromatic rings. The zero-order chi connectivity index (χ0) is 13.1. The van der Waals surface area contributed by atoms with Crippen LogP contribution in [0.4, 0.5) is 14.5 Å². The number of nitrogens with two attached hydrogens (primary N) is 1. The number of rotatable bonds is 3. The van der Waals surface area contributed by atoms with E-state index in [1.807, 2.05) is 6.92 Å². The standard InChI is InChI=1S/C12H11F2N3S/c1-7-4-5-16-12(17-7)18-10-3-2-8(15)6-9(10)11(13)14/h2-6,11H,15H2,1H3. The highest BCUT2D eigenvalue weighted by Gasteiger charge is 2.15. The van der Waals surface area contributed by atoms with Crippen LogP contribution in [-0.4, -0.2) is 9.97 Å². The number of aryl methyl sites for hydroxylation is 1. The molecule has 0 bridgehead atoms. The second-order valence-electron chi connectivity index (χ2n) is 3.68. The fraction of sp³-hybridized carbons (Fsp3) is 0.167. The zero-order valence-electron chi connectivity index (χ0n) is 9.60. The lowest BCUT2D eigenvalue weighted by Crippen LogP contribution is -1.94. The Morgan fingerprint density at radius 1 is 1.28 bits per heavy atom. The molecular weight excluding hydrogens is 256 g/mol. The van der Waals surface area contributed by atoms with Gasteiger partial charge in [0.15, 0.2) is 5.16 Å². The lowest BCUT2D eigenvalue weighted by atomic mass is 10.2. The van der Waals surface area contributed by atoms with Gasteiger partial charge >= 0.3 is 0 Å². The third kappa shape index (κ3) is 2.95. The number of aromatic nitrogens is 2. The summed E-state index contributed by atoms with van der Waals surface area (Å²) in [5.41, 5.74) is 6.53. The van der Waals surface area contributed by atoms with Crippen LogP contribution in [0.25, 0.3) is 0 Å². The molecule has 0 amide bonds. The first-order valence-electron chi connectivity index (χ1n) is 5.21. The smallest absolute Gasteiger partial charge is 0.265 e. The fourth-order valence-electron chi connectivity index (χ4n) is 1.40. The molecule has 3 nitrogen and oxygen atoms in total. The van der Waals surface area contributed by atoms with Crippen molar-refractivity contribution >= 4 is 17.4 Å². The number of nitrogens with zero attached hydrogens (tertiary/aromatic N) is 2. The van der Waals surface area contributed by atoms with Crippen molar-refractivity contribution in [3.8, 4) is 0 Å². The maximum Gasteiger partial charge on any atom is 0.265 e. The number of benzene rings is 1. The first-order valence-corrected chi connectivity index (χ1v) is 6.03. The molecule has 2 N–H and O–H groups in total. The third-order valence-electron chi connectivity index (χ3n) is 2.24. The summed E-state index contributed by atoms with van der Waals surface area (Å²) in [5.74, 6) is 0. The molecule has 94 valence electrons. The molecule has 6 heteroatoms. The molecule has 1 aromatic carbocycles. The van der Waals surface area contributed by atoms with Crippen molar-refractivity contribution in [2.24, 2.45) is 0 Å². The van der Waals surface area contributed by atoms with Gasteiger partial charge in [0.05, 0.1) is 0 Å². The number of hydrogen-bond acceptors (Lipinski definition) is 4. The van der Waals surface area contributed by atoms with Gasteiger partial charge in [0.1, 0.15) is 0 Å². The fourth-order valence-corrected chi connectivity index (χ4v) is 2.31. The van der Waals surface area contributed by atoms with Crippen LogP contribution in [0.3, 0.4) is 0 Å². The Balaban J connectivity index is 2.34. The summed E-state index contributed by atoms with van der Waals surface area (Å²) in [6.45, 7) is 1.82. The number of anilines is 1. The first-order chi connectivity index (χ1) is 8.56. The van der Waals surface area contributed by atoms with Crippen molar-refractivity contribution in [3.63, 3.8) is 0 Å². The van der Waals surface area contributed by atoms with Gasteiger partial charge in [0, 0.05) is 28.0 Å². The molecule has 0 radical (unpaired) electrons. The van der Waals surface area contributed by atoms with E-state index in [0.717, 1.165) is 17.5 Å². The number of nitrogen functional groups attached to an aromatic ring is 1. The number of hydrogen-bond donors (Lipinski definition) is 1. The highest BCUT2D eigenvalue weighted by Crippen LogP contribution is 2.34. The Morgan fingerprint density at radius 3 is 2.72 bits per heavy atom. The van der Waals surface area contributed by atoms with Crippen molar-refractivity contribution in [1.82, 2.24) is 9.97 Å². The van der Waals surface area contributed by atoms with Gasteiger partial charge in [-0.05, 0) is 43.0 Å². The molecule has 2 rings (SSSR count). The van der Waals surface area contributed by atoms with Gasteiger partial charge in [-0.25, -0.2) is 18.7 Å². The van der Waals surface area contributed by atoms with Crippen LogP contribution < -0.4 is 5.73 Å². The van der Waals surface area contributed by atoms with Gasteiger partial charge in [0.2, 0.25) is 0 Å². The number of halogens is 2. The minimum absolute atomic E-state index is 0.0925. The Morgan fingerprint density at radius 2 is 2.06 bits per heavy atom. The molecule has 18 heavy (non-hydrogen) atoms. The summed E-state index contributed by atoms with van der Waals surface area (Å²) in [5, 5.41) is 0.446. The van der Waals surface area contributed by atoms with E-state index >= 15 is 0 Å². The summed E-state index contributed by atoms with van der Waals surface area (Å²) in [6.07, 6.45) is -0.967. The third-order valence-corrected chi connectivity index (χ3v) is 3.21. The van der Waals surface area contributed by atoms with E-state index in [9.17, 15) is 8.78 Å². The van der Waals surface area contributed by atoms with E-state index in [1.165, 1.54) is 6.07 Å². The molecule has 0 saturated heterocycles. The van der Waals surface area contributed by atoms with Crippen LogP contribution in [0.5, 0.6) is 0 Å². The van der Waals surface area contributed by atoms with Crippen molar-refractivity contribution in [1.29, 1.82) is 0 Å². The van der Waals surface area contributed by atoms with Crippen molar-refractivity contribution in [2.75, 3.05) is 5.73 Å². The molecule has 0 unspecified atom stereocenters. The van der Waals surface area contributed by atoms with E-state index in [-0.39, 0.29) is 5.56 Å². The Hall–Kier alpha value is -1.69. The predicted octanol–water partition coefficient (Wildman–Crippen LogP) is 3.46. The lowest BCUT2D eigenvalue weighted by Gasteiger charge is -2.08.